The van der Waals surface area contributed by atoms with Crippen LogP contribution in [0.3, 0.4) is 0 Å². The van der Waals surface area contributed by atoms with Crippen LogP contribution >= 0.6 is 0 Å². The van der Waals surface area contributed by atoms with Gasteiger partial charge in [0, 0.05) is 18.3 Å². The van der Waals surface area contributed by atoms with Crippen molar-refractivity contribution in [3.63, 3.8) is 0 Å². The molecule has 2 rings (SSSR count). The summed E-state index contributed by atoms with van der Waals surface area (Å²) in [5.41, 5.74) is -0.633. The molecule has 1 heterocycles. The number of hydrogen-bond donors (Lipinski definition) is 1. The summed E-state index contributed by atoms with van der Waals surface area (Å²) < 4.78 is 15.2. The summed E-state index contributed by atoms with van der Waals surface area (Å²) in [4.78, 5) is 36.7. The van der Waals surface area contributed by atoms with Gasteiger partial charge in [0.05, 0.1) is 0 Å². The first-order valence-electron chi connectivity index (χ1n) is 7.72. The van der Waals surface area contributed by atoms with E-state index in [4.69, 9.17) is 5.11 Å². The van der Waals surface area contributed by atoms with Gasteiger partial charge in [0.2, 0.25) is 5.43 Å². The molecule has 0 aliphatic heterocycles. The van der Waals surface area contributed by atoms with Crippen molar-refractivity contribution in [3.05, 3.63) is 57.8 Å². The number of para-hydroxylation sites is 1. The number of benzene rings is 1. The summed E-state index contributed by atoms with van der Waals surface area (Å²) in [5, 5.41) is 12.9. The SMILES string of the molecule is CCCN(CC(=O)O)C(=O)c1nn(-c2ccccc2F)c(C)cc1=O. The van der Waals surface area contributed by atoms with Gasteiger partial charge in [-0.3, -0.25) is 14.4 Å². The Bertz CT molecular complexity index is 863. The molecule has 0 saturated carbocycles. The van der Waals surface area contributed by atoms with Gasteiger partial charge in [-0.2, -0.15) is 5.10 Å². The summed E-state index contributed by atoms with van der Waals surface area (Å²) >= 11 is 0. The minimum atomic E-state index is -1.19. The third-order valence-corrected chi connectivity index (χ3v) is 3.50. The van der Waals surface area contributed by atoms with E-state index >= 15 is 0 Å². The Morgan fingerprint density at radius 1 is 1.32 bits per heavy atom. The molecule has 0 unspecified atom stereocenters. The number of aliphatic carboxylic acids is 1. The fourth-order valence-electron chi connectivity index (χ4n) is 2.40. The molecule has 0 fully saturated rings. The van der Waals surface area contributed by atoms with E-state index in [2.05, 4.69) is 5.10 Å². The van der Waals surface area contributed by atoms with Crippen LogP contribution < -0.4 is 5.43 Å². The zero-order chi connectivity index (χ0) is 18.6. The predicted molar refractivity (Wildman–Crippen MR) is 88.4 cm³/mol. The number of aryl methyl sites for hydroxylation is 1. The molecular weight excluding hydrogens is 329 g/mol. The first kappa shape index (κ1) is 18.3. The van der Waals surface area contributed by atoms with E-state index in [-0.39, 0.29) is 12.2 Å². The number of carboxylic acid groups (broad SMARTS) is 1. The molecule has 8 heteroatoms. The lowest BCUT2D eigenvalue weighted by Gasteiger charge is -2.20. The highest BCUT2D eigenvalue weighted by Gasteiger charge is 2.23. The molecule has 0 radical (unpaired) electrons. The molecule has 132 valence electrons. The molecule has 0 aliphatic rings. The number of rotatable bonds is 6. The zero-order valence-corrected chi connectivity index (χ0v) is 13.9. The second-order valence-corrected chi connectivity index (χ2v) is 5.48. The first-order valence-corrected chi connectivity index (χ1v) is 7.72. The van der Waals surface area contributed by atoms with Gasteiger partial charge in [-0.05, 0) is 25.5 Å². The largest absolute Gasteiger partial charge is 0.480 e. The average molecular weight is 347 g/mol. The van der Waals surface area contributed by atoms with Crippen molar-refractivity contribution < 1.29 is 19.1 Å². The Balaban J connectivity index is 2.53. The number of aromatic nitrogens is 2. The lowest BCUT2D eigenvalue weighted by Crippen LogP contribution is -2.40. The van der Waals surface area contributed by atoms with Crippen molar-refractivity contribution in [1.82, 2.24) is 14.7 Å². The van der Waals surface area contributed by atoms with Crippen molar-refractivity contribution >= 4 is 11.9 Å². The van der Waals surface area contributed by atoms with Gasteiger partial charge in [0.25, 0.3) is 5.91 Å². The summed E-state index contributed by atoms with van der Waals surface area (Å²) in [7, 11) is 0. The molecule has 25 heavy (non-hydrogen) atoms. The van der Waals surface area contributed by atoms with Crippen LogP contribution in [0.15, 0.2) is 35.1 Å². The highest BCUT2D eigenvalue weighted by atomic mass is 19.1. The summed E-state index contributed by atoms with van der Waals surface area (Å²) in [6.45, 7) is 2.97. The summed E-state index contributed by atoms with van der Waals surface area (Å²) in [5.74, 6) is -2.54. The molecular formula is C17H18FN3O4. The van der Waals surface area contributed by atoms with Gasteiger partial charge in [-0.15, -0.1) is 0 Å². The minimum Gasteiger partial charge on any atom is -0.480 e. The number of hydrogen-bond acceptors (Lipinski definition) is 4. The maximum absolute atomic E-state index is 14.0. The summed E-state index contributed by atoms with van der Waals surface area (Å²) in [6.07, 6.45) is 0.520. The first-order chi connectivity index (χ1) is 11.8. The summed E-state index contributed by atoms with van der Waals surface area (Å²) in [6, 6.07) is 7.00. The quantitative estimate of drug-likeness (QED) is 0.857. The van der Waals surface area contributed by atoms with Crippen LogP contribution in [0.1, 0.15) is 29.5 Å². The van der Waals surface area contributed by atoms with Crippen molar-refractivity contribution in [2.24, 2.45) is 0 Å². The van der Waals surface area contributed by atoms with Gasteiger partial charge in [-0.25, -0.2) is 9.07 Å². The smallest absolute Gasteiger partial charge is 0.323 e. The van der Waals surface area contributed by atoms with E-state index < -0.39 is 35.4 Å². The average Bonchev–Trinajstić information content (AvgIpc) is 2.54. The third-order valence-electron chi connectivity index (χ3n) is 3.50. The van der Waals surface area contributed by atoms with E-state index in [1.807, 2.05) is 0 Å². The van der Waals surface area contributed by atoms with Crippen LogP contribution in [-0.4, -0.2) is 44.8 Å². The maximum atomic E-state index is 14.0. The van der Waals surface area contributed by atoms with Crippen molar-refractivity contribution in [2.45, 2.75) is 20.3 Å². The number of nitrogens with zero attached hydrogens (tertiary/aromatic N) is 3. The van der Waals surface area contributed by atoms with E-state index in [0.717, 1.165) is 9.58 Å². The number of carbonyl (C=O) groups is 2. The Morgan fingerprint density at radius 2 is 2.00 bits per heavy atom. The third kappa shape index (κ3) is 4.09. The van der Waals surface area contributed by atoms with Crippen LogP contribution in [0.4, 0.5) is 4.39 Å². The Labute approximate surface area is 143 Å². The highest BCUT2D eigenvalue weighted by Crippen LogP contribution is 2.13. The highest BCUT2D eigenvalue weighted by molar-refractivity contribution is 5.94. The second kappa shape index (κ2) is 7.69. The second-order valence-electron chi connectivity index (χ2n) is 5.48. The van der Waals surface area contributed by atoms with Crippen LogP contribution in [-0.2, 0) is 4.79 Å². The van der Waals surface area contributed by atoms with Crippen LogP contribution in [0.25, 0.3) is 5.69 Å². The van der Waals surface area contributed by atoms with E-state index in [1.165, 1.54) is 24.3 Å². The lowest BCUT2D eigenvalue weighted by molar-refractivity contribution is -0.137. The van der Waals surface area contributed by atoms with Crippen LogP contribution in [0.2, 0.25) is 0 Å². The Morgan fingerprint density at radius 3 is 2.60 bits per heavy atom. The normalized spacial score (nSPS) is 10.5. The molecule has 0 atom stereocenters. The molecule has 1 aromatic heterocycles. The van der Waals surface area contributed by atoms with Gasteiger partial charge >= 0.3 is 5.97 Å². The maximum Gasteiger partial charge on any atom is 0.323 e. The molecule has 0 aliphatic carbocycles. The monoisotopic (exact) mass is 347 g/mol. The minimum absolute atomic E-state index is 0.0920. The fraction of sp³-hybridized carbons (Fsp3) is 0.294. The number of carboxylic acids is 1. The number of carbonyl (C=O) groups excluding carboxylic acids is 1. The van der Waals surface area contributed by atoms with E-state index in [9.17, 15) is 18.8 Å². The predicted octanol–water partition coefficient (Wildman–Crippen LogP) is 1.62. The molecule has 1 aromatic carbocycles. The Hall–Kier alpha value is -3.03. The van der Waals surface area contributed by atoms with Crippen LogP contribution in [0, 0.1) is 12.7 Å². The van der Waals surface area contributed by atoms with Crippen LogP contribution in [0.5, 0.6) is 0 Å². The number of amides is 1. The van der Waals surface area contributed by atoms with Gasteiger partial charge in [0.1, 0.15) is 18.0 Å². The molecule has 0 saturated heterocycles. The van der Waals surface area contributed by atoms with Gasteiger partial charge in [0.15, 0.2) is 5.69 Å². The Kier molecular flexibility index (Phi) is 5.63. The standard InChI is InChI=1S/C17H18FN3O4/c1-3-8-20(10-15(23)24)17(25)16-14(22)9-11(2)21(19-16)13-7-5-4-6-12(13)18/h4-7,9H,3,8,10H2,1-2H3,(H,23,24). The zero-order valence-electron chi connectivity index (χ0n) is 13.9. The van der Waals surface area contributed by atoms with E-state index in [1.54, 1.807) is 19.9 Å². The van der Waals surface area contributed by atoms with Crippen molar-refractivity contribution in [3.8, 4) is 5.69 Å². The van der Waals surface area contributed by atoms with Gasteiger partial charge < -0.3 is 10.0 Å². The molecule has 7 nitrogen and oxygen atoms in total. The molecule has 0 bridgehead atoms. The van der Waals surface area contributed by atoms with Crippen molar-refractivity contribution in [2.75, 3.05) is 13.1 Å². The topological polar surface area (TPSA) is 92.5 Å². The van der Waals surface area contributed by atoms with E-state index in [0.29, 0.717) is 12.1 Å². The molecule has 0 spiro atoms. The lowest BCUT2D eigenvalue weighted by atomic mass is 10.2. The molecule has 2 aromatic rings. The molecule has 1 N–H and O–H groups in total. The molecule has 1 amide bonds. The fourth-order valence-corrected chi connectivity index (χ4v) is 2.40. The van der Waals surface area contributed by atoms with Crippen molar-refractivity contribution in [1.29, 1.82) is 0 Å². The number of halogens is 1. The van der Waals surface area contributed by atoms with Gasteiger partial charge in [-0.1, -0.05) is 19.1 Å².